The third kappa shape index (κ3) is 5.96. The summed E-state index contributed by atoms with van der Waals surface area (Å²) in [5.41, 5.74) is 0.527. The van der Waals surface area contributed by atoms with Crippen LogP contribution in [0, 0.1) is 0 Å². The fraction of sp³-hybridized carbons (Fsp3) is 0.250. The molecule has 0 aliphatic carbocycles. The summed E-state index contributed by atoms with van der Waals surface area (Å²) in [6, 6.07) is 10.2. The molecule has 2 aromatic carbocycles. The number of halogens is 2. The SMILES string of the molecule is COc1ccc(OC)c(NC(=O)CSc2nnc(COc3ccc(Cl)cc3Cl)n2C)c1. The standard InChI is InChI=1S/C20H20Cl2N4O4S/c1-26-18(10-30-16-6-4-12(21)8-14(16)22)24-25-20(26)31-11-19(27)23-15-9-13(28-2)5-7-17(15)29-3/h4-9H,10-11H2,1-3H3,(H,23,27). The topological polar surface area (TPSA) is 87.5 Å². The fourth-order valence-electron chi connectivity index (χ4n) is 2.56. The first-order chi connectivity index (χ1) is 14.9. The summed E-state index contributed by atoms with van der Waals surface area (Å²) >= 11 is 13.3. The second-order valence-electron chi connectivity index (χ2n) is 6.22. The molecule has 0 atom stereocenters. The first-order valence-electron chi connectivity index (χ1n) is 9.02. The Morgan fingerprint density at radius 3 is 2.58 bits per heavy atom. The average molecular weight is 483 g/mol. The molecular weight excluding hydrogens is 463 g/mol. The van der Waals surface area contributed by atoms with Crippen molar-refractivity contribution >= 4 is 46.6 Å². The maximum absolute atomic E-state index is 12.4. The van der Waals surface area contributed by atoms with Gasteiger partial charge in [-0.05, 0) is 30.3 Å². The number of thioether (sulfide) groups is 1. The van der Waals surface area contributed by atoms with Gasteiger partial charge in [-0.25, -0.2) is 0 Å². The Labute approximate surface area is 193 Å². The van der Waals surface area contributed by atoms with Gasteiger partial charge in [-0.1, -0.05) is 35.0 Å². The van der Waals surface area contributed by atoms with Crippen LogP contribution in [0.25, 0.3) is 0 Å². The van der Waals surface area contributed by atoms with Crippen LogP contribution in [0.3, 0.4) is 0 Å². The van der Waals surface area contributed by atoms with Crippen molar-refractivity contribution in [1.82, 2.24) is 14.8 Å². The molecule has 3 rings (SSSR count). The van der Waals surface area contributed by atoms with Crippen molar-refractivity contribution in [2.75, 3.05) is 25.3 Å². The number of hydrogen-bond donors (Lipinski definition) is 1. The summed E-state index contributed by atoms with van der Waals surface area (Å²) in [7, 11) is 4.89. The molecule has 0 fully saturated rings. The number of aromatic nitrogens is 3. The predicted molar refractivity (Wildman–Crippen MR) is 121 cm³/mol. The molecule has 0 spiro atoms. The number of carbonyl (C=O) groups is 1. The van der Waals surface area contributed by atoms with Crippen molar-refractivity contribution in [2.24, 2.45) is 7.05 Å². The van der Waals surface area contributed by atoms with Crippen molar-refractivity contribution in [3.63, 3.8) is 0 Å². The molecule has 1 aromatic heterocycles. The molecule has 31 heavy (non-hydrogen) atoms. The van der Waals surface area contributed by atoms with E-state index in [9.17, 15) is 4.79 Å². The Hall–Kier alpha value is -2.62. The Bertz CT molecular complexity index is 1080. The summed E-state index contributed by atoms with van der Waals surface area (Å²) in [6.45, 7) is 0.165. The van der Waals surface area contributed by atoms with Gasteiger partial charge in [-0.3, -0.25) is 4.79 Å². The molecule has 0 aliphatic heterocycles. The minimum atomic E-state index is -0.217. The number of methoxy groups -OCH3 is 2. The molecule has 1 heterocycles. The zero-order chi connectivity index (χ0) is 22.4. The van der Waals surface area contributed by atoms with Crippen molar-refractivity contribution in [3.8, 4) is 17.2 Å². The van der Waals surface area contributed by atoms with Gasteiger partial charge in [0.25, 0.3) is 0 Å². The number of nitrogens with one attached hydrogen (secondary N) is 1. The number of benzene rings is 2. The summed E-state index contributed by atoms with van der Waals surface area (Å²) in [4.78, 5) is 12.4. The summed E-state index contributed by atoms with van der Waals surface area (Å²) < 4.78 is 17.9. The van der Waals surface area contributed by atoms with Crippen molar-refractivity contribution < 1.29 is 19.0 Å². The van der Waals surface area contributed by atoms with E-state index in [0.29, 0.717) is 44.0 Å². The van der Waals surface area contributed by atoms with E-state index in [0.717, 1.165) is 0 Å². The number of hydrogen-bond acceptors (Lipinski definition) is 7. The summed E-state index contributed by atoms with van der Waals surface area (Å²) in [5, 5.41) is 12.6. The molecule has 1 amide bonds. The van der Waals surface area contributed by atoms with E-state index in [1.807, 2.05) is 0 Å². The molecule has 0 bridgehead atoms. The lowest BCUT2D eigenvalue weighted by Gasteiger charge is -2.11. The van der Waals surface area contributed by atoms with Crippen LogP contribution >= 0.6 is 35.0 Å². The van der Waals surface area contributed by atoms with Gasteiger partial charge < -0.3 is 24.1 Å². The largest absolute Gasteiger partial charge is 0.497 e. The number of ether oxygens (including phenoxy) is 3. The highest BCUT2D eigenvalue weighted by atomic mass is 35.5. The highest BCUT2D eigenvalue weighted by Crippen LogP contribution is 2.30. The van der Waals surface area contributed by atoms with Gasteiger partial charge in [0.2, 0.25) is 5.91 Å². The molecule has 0 aliphatic rings. The van der Waals surface area contributed by atoms with Gasteiger partial charge in [0.05, 0.1) is 30.7 Å². The Morgan fingerprint density at radius 2 is 1.87 bits per heavy atom. The van der Waals surface area contributed by atoms with Crippen molar-refractivity contribution in [1.29, 1.82) is 0 Å². The molecule has 1 N–H and O–H groups in total. The van der Waals surface area contributed by atoms with Crippen LogP contribution in [-0.2, 0) is 18.4 Å². The van der Waals surface area contributed by atoms with E-state index in [4.69, 9.17) is 37.4 Å². The van der Waals surface area contributed by atoms with Gasteiger partial charge in [0.1, 0.15) is 23.9 Å². The molecule has 0 radical (unpaired) electrons. The first-order valence-corrected chi connectivity index (χ1v) is 10.8. The maximum atomic E-state index is 12.4. The highest BCUT2D eigenvalue weighted by molar-refractivity contribution is 7.99. The number of nitrogens with zero attached hydrogens (tertiary/aromatic N) is 3. The van der Waals surface area contributed by atoms with E-state index in [2.05, 4.69) is 15.5 Å². The first kappa shape index (κ1) is 23.1. The minimum absolute atomic E-state index is 0.135. The van der Waals surface area contributed by atoms with Gasteiger partial charge >= 0.3 is 0 Å². The Kier molecular flexibility index (Phi) is 7.89. The second kappa shape index (κ2) is 10.6. The average Bonchev–Trinajstić information content (AvgIpc) is 3.11. The van der Waals surface area contributed by atoms with Gasteiger partial charge in [0.15, 0.2) is 11.0 Å². The van der Waals surface area contributed by atoms with Crippen molar-refractivity contribution in [2.45, 2.75) is 11.8 Å². The summed E-state index contributed by atoms with van der Waals surface area (Å²) in [6.07, 6.45) is 0. The smallest absolute Gasteiger partial charge is 0.234 e. The minimum Gasteiger partial charge on any atom is -0.497 e. The number of anilines is 1. The second-order valence-corrected chi connectivity index (χ2v) is 8.01. The van der Waals surface area contributed by atoms with E-state index in [-0.39, 0.29) is 18.3 Å². The maximum Gasteiger partial charge on any atom is 0.234 e. The monoisotopic (exact) mass is 482 g/mol. The van der Waals surface area contributed by atoms with Crippen LogP contribution < -0.4 is 19.5 Å². The lowest BCUT2D eigenvalue weighted by atomic mass is 10.2. The van der Waals surface area contributed by atoms with Crippen LogP contribution in [0.15, 0.2) is 41.6 Å². The van der Waals surface area contributed by atoms with E-state index >= 15 is 0 Å². The Morgan fingerprint density at radius 1 is 1.10 bits per heavy atom. The highest BCUT2D eigenvalue weighted by Gasteiger charge is 2.14. The van der Waals surface area contributed by atoms with Crippen LogP contribution in [0.5, 0.6) is 17.2 Å². The molecule has 0 unspecified atom stereocenters. The predicted octanol–water partition coefficient (Wildman–Crippen LogP) is 4.45. The zero-order valence-electron chi connectivity index (χ0n) is 17.0. The number of amides is 1. The third-order valence-corrected chi connectivity index (χ3v) is 5.74. The van der Waals surface area contributed by atoms with Gasteiger partial charge in [-0.15, -0.1) is 10.2 Å². The van der Waals surface area contributed by atoms with Crippen LogP contribution in [0.4, 0.5) is 5.69 Å². The van der Waals surface area contributed by atoms with Crippen LogP contribution in [-0.4, -0.2) is 40.6 Å². The van der Waals surface area contributed by atoms with E-state index in [1.54, 1.807) is 55.1 Å². The van der Waals surface area contributed by atoms with E-state index in [1.165, 1.54) is 18.9 Å². The number of carbonyl (C=O) groups excluding carboxylic acids is 1. The van der Waals surface area contributed by atoms with Gasteiger partial charge in [-0.2, -0.15) is 0 Å². The quantitative estimate of drug-likeness (QED) is 0.450. The third-order valence-electron chi connectivity index (χ3n) is 4.19. The fourth-order valence-corrected chi connectivity index (χ4v) is 3.75. The Balaban J connectivity index is 1.58. The van der Waals surface area contributed by atoms with Gasteiger partial charge in [0, 0.05) is 18.1 Å². The molecule has 3 aromatic rings. The van der Waals surface area contributed by atoms with E-state index < -0.39 is 0 Å². The summed E-state index contributed by atoms with van der Waals surface area (Å²) in [5.74, 6) is 2.15. The lowest BCUT2D eigenvalue weighted by molar-refractivity contribution is -0.113. The van der Waals surface area contributed by atoms with Crippen LogP contribution in [0.1, 0.15) is 5.82 Å². The van der Waals surface area contributed by atoms with Crippen LogP contribution in [0.2, 0.25) is 10.0 Å². The molecule has 11 heteroatoms. The lowest BCUT2D eigenvalue weighted by Crippen LogP contribution is -2.15. The molecule has 0 saturated heterocycles. The molecular formula is C20H20Cl2N4O4S. The van der Waals surface area contributed by atoms with Crippen molar-refractivity contribution in [3.05, 3.63) is 52.3 Å². The zero-order valence-corrected chi connectivity index (χ0v) is 19.3. The molecule has 164 valence electrons. The molecule has 8 nitrogen and oxygen atoms in total. The molecule has 0 saturated carbocycles. The normalized spacial score (nSPS) is 10.6. The number of rotatable bonds is 9.